The van der Waals surface area contributed by atoms with E-state index in [1.54, 1.807) is 6.20 Å². The van der Waals surface area contributed by atoms with Crippen LogP contribution in [0.3, 0.4) is 0 Å². The Morgan fingerprint density at radius 3 is 2.15 bits per heavy atom. The van der Waals surface area contributed by atoms with Gasteiger partial charge in [0, 0.05) is 17.0 Å². The predicted octanol–water partition coefficient (Wildman–Crippen LogP) is 3.07. The van der Waals surface area contributed by atoms with Crippen molar-refractivity contribution >= 4 is 0 Å². The van der Waals surface area contributed by atoms with Crippen LogP contribution >= 0.6 is 0 Å². The standard InChI is InChI=1S/C16H27N3O/c1-15(2,3)13-9-18-14(10-17-13)20-12-7-11(8-12)19-16(4,5)6/h9-12,19H,7-8H2,1-6H3/t11-,12-. The summed E-state index contributed by atoms with van der Waals surface area (Å²) in [6.45, 7) is 13.0. The first kappa shape index (κ1) is 15.2. The Morgan fingerprint density at radius 1 is 1.05 bits per heavy atom. The third-order valence-electron chi connectivity index (χ3n) is 3.42. The van der Waals surface area contributed by atoms with Crippen LogP contribution in [0.25, 0.3) is 0 Å². The maximum Gasteiger partial charge on any atom is 0.232 e. The van der Waals surface area contributed by atoms with E-state index in [0.29, 0.717) is 11.9 Å². The van der Waals surface area contributed by atoms with E-state index in [1.807, 2.05) is 6.20 Å². The largest absolute Gasteiger partial charge is 0.473 e. The third-order valence-corrected chi connectivity index (χ3v) is 3.42. The van der Waals surface area contributed by atoms with Crippen LogP contribution in [0.5, 0.6) is 5.88 Å². The molecule has 0 bridgehead atoms. The molecule has 0 aromatic carbocycles. The molecule has 1 aromatic rings. The summed E-state index contributed by atoms with van der Waals surface area (Å²) < 4.78 is 5.85. The molecular weight excluding hydrogens is 250 g/mol. The Hall–Kier alpha value is -1.16. The highest BCUT2D eigenvalue weighted by Gasteiger charge is 2.33. The quantitative estimate of drug-likeness (QED) is 0.922. The van der Waals surface area contributed by atoms with Crippen molar-refractivity contribution < 1.29 is 4.74 Å². The fraction of sp³-hybridized carbons (Fsp3) is 0.750. The number of hydrogen-bond donors (Lipinski definition) is 1. The van der Waals surface area contributed by atoms with Crippen molar-refractivity contribution in [2.45, 2.75) is 77.5 Å². The highest BCUT2D eigenvalue weighted by atomic mass is 16.5. The van der Waals surface area contributed by atoms with Crippen LogP contribution < -0.4 is 10.1 Å². The van der Waals surface area contributed by atoms with Crippen LogP contribution in [0.15, 0.2) is 12.4 Å². The molecule has 1 heterocycles. The van der Waals surface area contributed by atoms with Crippen LogP contribution in [0.1, 0.15) is 60.1 Å². The van der Waals surface area contributed by atoms with Crippen LogP contribution in [-0.4, -0.2) is 27.7 Å². The summed E-state index contributed by atoms with van der Waals surface area (Å²) in [5, 5.41) is 3.58. The Kier molecular flexibility index (Phi) is 4.05. The second kappa shape index (κ2) is 5.32. The normalized spacial score (nSPS) is 23.3. The second-order valence-corrected chi connectivity index (χ2v) is 7.79. The molecule has 0 amide bonds. The van der Waals surface area contributed by atoms with E-state index < -0.39 is 0 Å². The highest BCUT2D eigenvalue weighted by Crippen LogP contribution is 2.27. The minimum Gasteiger partial charge on any atom is -0.473 e. The Balaban J connectivity index is 1.82. The average molecular weight is 277 g/mol. The third kappa shape index (κ3) is 4.17. The van der Waals surface area contributed by atoms with Crippen molar-refractivity contribution in [2.24, 2.45) is 0 Å². The summed E-state index contributed by atoms with van der Waals surface area (Å²) in [6.07, 6.45) is 5.91. The molecule has 112 valence electrons. The van der Waals surface area contributed by atoms with Crippen molar-refractivity contribution in [1.29, 1.82) is 0 Å². The molecule has 1 aliphatic carbocycles. The van der Waals surface area contributed by atoms with Gasteiger partial charge in [0.1, 0.15) is 6.10 Å². The van der Waals surface area contributed by atoms with Gasteiger partial charge in [-0.05, 0) is 33.6 Å². The van der Waals surface area contributed by atoms with E-state index in [2.05, 4.69) is 56.8 Å². The topological polar surface area (TPSA) is 47.0 Å². The molecule has 1 fully saturated rings. The first-order valence-electron chi connectivity index (χ1n) is 7.40. The molecule has 0 radical (unpaired) electrons. The van der Waals surface area contributed by atoms with Gasteiger partial charge in [-0.1, -0.05) is 20.8 Å². The van der Waals surface area contributed by atoms with Gasteiger partial charge in [-0.25, -0.2) is 4.98 Å². The molecule has 2 rings (SSSR count). The molecular formula is C16H27N3O. The van der Waals surface area contributed by atoms with E-state index >= 15 is 0 Å². The Labute approximate surface area is 122 Å². The SMILES string of the molecule is CC(C)(C)N[C@H]1C[C@H](Oc2cnc(C(C)(C)C)cn2)C1. The summed E-state index contributed by atoms with van der Waals surface area (Å²) in [5.41, 5.74) is 1.19. The number of rotatable bonds is 3. The molecule has 0 saturated heterocycles. The van der Waals surface area contributed by atoms with Gasteiger partial charge in [-0.2, -0.15) is 0 Å². The molecule has 0 aliphatic heterocycles. The number of ether oxygens (including phenoxy) is 1. The van der Waals surface area contributed by atoms with Gasteiger partial charge in [-0.3, -0.25) is 4.98 Å². The van der Waals surface area contributed by atoms with Crippen molar-refractivity contribution in [1.82, 2.24) is 15.3 Å². The number of aromatic nitrogens is 2. The fourth-order valence-corrected chi connectivity index (χ4v) is 2.33. The summed E-state index contributed by atoms with van der Waals surface area (Å²) in [7, 11) is 0. The van der Waals surface area contributed by atoms with Gasteiger partial charge in [0.05, 0.1) is 18.1 Å². The van der Waals surface area contributed by atoms with Crippen LogP contribution in [0.2, 0.25) is 0 Å². The summed E-state index contributed by atoms with van der Waals surface area (Å²) >= 11 is 0. The Bertz CT molecular complexity index is 436. The number of hydrogen-bond acceptors (Lipinski definition) is 4. The van der Waals surface area contributed by atoms with Gasteiger partial charge >= 0.3 is 0 Å². The van der Waals surface area contributed by atoms with Gasteiger partial charge in [0.2, 0.25) is 5.88 Å². The lowest BCUT2D eigenvalue weighted by Gasteiger charge is -2.39. The minimum atomic E-state index is 0.0315. The van der Waals surface area contributed by atoms with Crippen LogP contribution in [-0.2, 0) is 5.41 Å². The van der Waals surface area contributed by atoms with Crippen LogP contribution in [0, 0.1) is 0 Å². The molecule has 20 heavy (non-hydrogen) atoms. The molecule has 4 nitrogen and oxygen atoms in total. The first-order valence-corrected chi connectivity index (χ1v) is 7.40. The number of nitrogens with one attached hydrogen (secondary N) is 1. The maximum absolute atomic E-state index is 5.85. The van der Waals surface area contributed by atoms with Gasteiger partial charge < -0.3 is 10.1 Å². The lowest BCUT2D eigenvalue weighted by atomic mass is 9.87. The van der Waals surface area contributed by atoms with Crippen molar-refractivity contribution in [3.63, 3.8) is 0 Å². The zero-order valence-corrected chi connectivity index (χ0v) is 13.5. The van der Waals surface area contributed by atoms with Crippen LogP contribution in [0.4, 0.5) is 0 Å². The molecule has 1 aromatic heterocycles. The lowest BCUT2D eigenvalue weighted by molar-refractivity contribution is 0.0690. The predicted molar refractivity (Wildman–Crippen MR) is 81.1 cm³/mol. The maximum atomic E-state index is 5.85. The average Bonchev–Trinajstić information content (AvgIpc) is 2.24. The summed E-state index contributed by atoms with van der Waals surface area (Å²) in [6, 6.07) is 0.557. The lowest BCUT2D eigenvalue weighted by Crippen LogP contribution is -2.53. The van der Waals surface area contributed by atoms with Gasteiger partial charge in [-0.15, -0.1) is 0 Å². The minimum absolute atomic E-state index is 0.0315. The monoisotopic (exact) mass is 277 g/mol. The molecule has 0 spiro atoms. The molecule has 1 aliphatic rings. The smallest absolute Gasteiger partial charge is 0.232 e. The fourth-order valence-electron chi connectivity index (χ4n) is 2.33. The zero-order valence-electron chi connectivity index (χ0n) is 13.5. The second-order valence-electron chi connectivity index (χ2n) is 7.79. The molecule has 1 saturated carbocycles. The molecule has 4 heteroatoms. The van der Waals surface area contributed by atoms with Gasteiger partial charge in [0.15, 0.2) is 0 Å². The van der Waals surface area contributed by atoms with E-state index in [-0.39, 0.29) is 17.1 Å². The summed E-state index contributed by atoms with van der Waals surface area (Å²) in [4.78, 5) is 8.80. The summed E-state index contributed by atoms with van der Waals surface area (Å²) in [5.74, 6) is 0.636. The first-order chi connectivity index (χ1) is 9.13. The molecule has 1 N–H and O–H groups in total. The van der Waals surface area contributed by atoms with E-state index in [9.17, 15) is 0 Å². The van der Waals surface area contributed by atoms with Gasteiger partial charge in [0.25, 0.3) is 0 Å². The molecule has 0 atom stereocenters. The Morgan fingerprint density at radius 2 is 1.70 bits per heavy atom. The van der Waals surface area contributed by atoms with Crippen molar-refractivity contribution in [3.05, 3.63) is 18.1 Å². The van der Waals surface area contributed by atoms with E-state index in [4.69, 9.17) is 4.74 Å². The highest BCUT2D eigenvalue weighted by molar-refractivity contribution is 5.14. The van der Waals surface area contributed by atoms with Crippen molar-refractivity contribution in [3.8, 4) is 5.88 Å². The van der Waals surface area contributed by atoms with E-state index in [0.717, 1.165) is 18.5 Å². The zero-order chi connectivity index (χ0) is 15.0. The number of nitrogens with zero attached hydrogens (tertiary/aromatic N) is 2. The van der Waals surface area contributed by atoms with Crippen molar-refractivity contribution in [2.75, 3.05) is 0 Å². The van der Waals surface area contributed by atoms with E-state index in [1.165, 1.54) is 0 Å². The molecule has 0 unspecified atom stereocenters.